The molecule has 0 saturated heterocycles. The standard InChI is InChI=1S/C12H13IO3/c1-3-16-12(14)7-5-9-4-6-10(15-2)8-11(9)13/h4-8H,3H2,1-2H3/b7-5+. The second-order valence-corrected chi connectivity index (χ2v) is 4.14. The SMILES string of the molecule is CCOC(=O)/C=C/c1ccc(OC)cc1I. The van der Waals surface area contributed by atoms with Crippen LogP contribution in [0.15, 0.2) is 24.3 Å². The predicted molar refractivity (Wildman–Crippen MR) is 71.4 cm³/mol. The molecule has 0 unspecified atom stereocenters. The summed E-state index contributed by atoms with van der Waals surface area (Å²) in [6.07, 6.45) is 3.16. The van der Waals surface area contributed by atoms with Crippen LogP contribution < -0.4 is 4.74 Å². The number of esters is 1. The van der Waals surface area contributed by atoms with E-state index in [1.807, 2.05) is 18.2 Å². The first-order valence-electron chi connectivity index (χ1n) is 4.85. The van der Waals surface area contributed by atoms with E-state index in [0.29, 0.717) is 6.61 Å². The lowest BCUT2D eigenvalue weighted by atomic mass is 10.2. The van der Waals surface area contributed by atoms with E-state index in [9.17, 15) is 4.79 Å². The summed E-state index contributed by atoms with van der Waals surface area (Å²) in [6, 6.07) is 5.66. The highest BCUT2D eigenvalue weighted by molar-refractivity contribution is 14.1. The van der Waals surface area contributed by atoms with Crippen LogP contribution in [0.5, 0.6) is 5.75 Å². The lowest BCUT2D eigenvalue weighted by Gasteiger charge is -2.02. The zero-order valence-electron chi connectivity index (χ0n) is 9.20. The highest BCUT2D eigenvalue weighted by atomic mass is 127. The maximum absolute atomic E-state index is 11.1. The Bertz CT molecular complexity index is 399. The third-order valence-electron chi connectivity index (χ3n) is 1.89. The van der Waals surface area contributed by atoms with Gasteiger partial charge in [-0.1, -0.05) is 6.07 Å². The predicted octanol–water partition coefficient (Wildman–Crippen LogP) is 2.88. The molecule has 1 rings (SSSR count). The van der Waals surface area contributed by atoms with E-state index in [0.717, 1.165) is 14.9 Å². The Hall–Kier alpha value is -1.04. The van der Waals surface area contributed by atoms with Crippen molar-refractivity contribution in [2.24, 2.45) is 0 Å². The first-order chi connectivity index (χ1) is 7.67. The lowest BCUT2D eigenvalue weighted by Crippen LogP contribution is -1.98. The molecule has 0 aliphatic carbocycles. The smallest absolute Gasteiger partial charge is 0.330 e. The van der Waals surface area contributed by atoms with E-state index in [-0.39, 0.29) is 5.97 Å². The van der Waals surface area contributed by atoms with Gasteiger partial charge in [-0.05, 0) is 53.3 Å². The normalized spacial score (nSPS) is 10.4. The molecule has 4 heteroatoms. The van der Waals surface area contributed by atoms with E-state index < -0.39 is 0 Å². The number of hydrogen-bond acceptors (Lipinski definition) is 3. The van der Waals surface area contributed by atoms with Crippen LogP contribution in [0, 0.1) is 3.57 Å². The minimum Gasteiger partial charge on any atom is -0.497 e. The molecule has 0 saturated carbocycles. The van der Waals surface area contributed by atoms with E-state index >= 15 is 0 Å². The molecular weight excluding hydrogens is 319 g/mol. The Morgan fingerprint density at radius 2 is 2.25 bits per heavy atom. The van der Waals surface area contributed by atoms with Gasteiger partial charge >= 0.3 is 5.97 Å². The van der Waals surface area contributed by atoms with Crippen molar-refractivity contribution in [2.45, 2.75) is 6.92 Å². The van der Waals surface area contributed by atoms with Crippen molar-refractivity contribution >= 4 is 34.6 Å². The van der Waals surface area contributed by atoms with E-state index in [1.54, 1.807) is 20.1 Å². The molecule has 0 heterocycles. The van der Waals surface area contributed by atoms with Gasteiger partial charge in [-0.2, -0.15) is 0 Å². The molecule has 0 spiro atoms. The van der Waals surface area contributed by atoms with E-state index in [1.165, 1.54) is 6.08 Å². The van der Waals surface area contributed by atoms with Gasteiger partial charge in [0, 0.05) is 9.65 Å². The zero-order chi connectivity index (χ0) is 12.0. The fraction of sp³-hybridized carbons (Fsp3) is 0.250. The monoisotopic (exact) mass is 332 g/mol. The number of ether oxygens (including phenoxy) is 2. The summed E-state index contributed by atoms with van der Waals surface area (Å²) in [6.45, 7) is 2.17. The van der Waals surface area contributed by atoms with E-state index in [2.05, 4.69) is 22.6 Å². The van der Waals surface area contributed by atoms with Gasteiger partial charge in [0.1, 0.15) is 5.75 Å². The first-order valence-corrected chi connectivity index (χ1v) is 5.93. The number of methoxy groups -OCH3 is 1. The topological polar surface area (TPSA) is 35.5 Å². The summed E-state index contributed by atoms with van der Waals surface area (Å²) in [7, 11) is 1.62. The van der Waals surface area contributed by atoms with Crippen molar-refractivity contribution in [1.29, 1.82) is 0 Å². The quantitative estimate of drug-likeness (QED) is 0.483. The van der Waals surface area contributed by atoms with Gasteiger partial charge in [-0.25, -0.2) is 4.79 Å². The molecule has 0 amide bonds. The molecule has 0 fully saturated rings. The van der Waals surface area contributed by atoms with Crippen LogP contribution in [0.1, 0.15) is 12.5 Å². The summed E-state index contributed by atoms with van der Waals surface area (Å²) >= 11 is 2.19. The van der Waals surface area contributed by atoms with Gasteiger partial charge in [-0.15, -0.1) is 0 Å². The maximum atomic E-state index is 11.1. The van der Waals surface area contributed by atoms with Crippen molar-refractivity contribution < 1.29 is 14.3 Å². The summed E-state index contributed by atoms with van der Waals surface area (Å²) in [5, 5.41) is 0. The average Bonchev–Trinajstić information content (AvgIpc) is 2.27. The van der Waals surface area contributed by atoms with Gasteiger partial charge in [-0.3, -0.25) is 0 Å². The number of hydrogen-bond donors (Lipinski definition) is 0. The fourth-order valence-electron chi connectivity index (χ4n) is 1.12. The van der Waals surface area contributed by atoms with Gasteiger partial charge in [0.05, 0.1) is 13.7 Å². The summed E-state index contributed by atoms with van der Waals surface area (Å²) in [5.74, 6) is 0.479. The Kier molecular flexibility index (Phi) is 5.31. The van der Waals surface area contributed by atoms with Crippen LogP contribution in [0.4, 0.5) is 0 Å². The molecule has 0 bridgehead atoms. The molecular formula is C12H13IO3. The maximum Gasteiger partial charge on any atom is 0.330 e. The van der Waals surface area contributed by atoms with E-state index in [4.69, 9.17) is 9.47 Å². The molecule has 3 nitrogen and oxygen atoms in total. The van der Waals surface area contributed by atoms with Crippen LogP contribution in [-0.4, -0.2) is 19.7 Å². The Morgan fingerprint density at radius 1 is 1.50 bits per heavy atom. The molecule has 86 valence electrons. The van der Waals surface area contributed by atoms with Crippen molar-refractivity contribution in [1.82, 2.24) is 0 Å². The molecule has 0 radical (unpaired) electrons. The van der Waals surface area contributed by atoms with Crippen molar-refractivity contribution in [3.63, 3.8) is 0 Å². The Labute approximate surface area is 109 Å². The van der Waals surface area contributed by atoms with Crippen molar-refractivity contribution in [3.8, 4) is 5.75 Å². The molecule has 16 heavy (non-hydrogen) atoms. The van der Waals surface area contributed by atoms with Gasteiger partial charge in [0.2, 0.25) is 0 Å². The summed E-state index contributed by atoms with van der Waals surface area (Å²) < 4.78 is 10.9. The van der Waals surface area contributed by atoms with Gasteiger partial charge < -0.3 is 9.47 Å². The largest absolute Gasteiger partial charge is 0.497 e. The molecule has 0 aliphatic rings. The van der Waals surface area contributed by atoms with Crippen LogP contribution in [0.25, 0.3) is 6.08 Å². The minimum atomic E-state index is -0.325. The molecule has 0 atom stereocenters. The average molecular weight is 332 g/mol. The molecule has 0 N–H and O–H groups in total. The van der Waals surface area contributed by atoms with Crippen molar-refractivity contribution in [2.75, 3.05) is 13.7 Å². The lowest BCUT2D eigenvalue weighted by molar-refractivity contribution is -0.137. The first kappa shape index (κ1) is 13.0. The Balaban J connectivity index is 2.78. The van der Waals surface area contributed by atoms with Crippen LogP contribution in [0.2, 0.25) is 0 Å². The van der Waals surface area contributed by atoms with Crippen LogP contribution in [0.3, 0.4) is 0 Å². The zero-order valence-corrected chi connectivity index (χ0v) is 11.4. The molecule has 1 aromatic carbocycles. The summed E-state index contributed by atoms with van der Waals surface area (Å²) in [4.78, 5) is 11.1. The second kappa shape index (κ2) is 6.52. The van der Waals surface area contributed by atoms with Crippen molar-refractivity contribution in [3.05, 3.63) is 33.4 Å². The fourth-order valence-corrected chi connectivity index (χ4v) is 1.78. The number of carbonyl (C=O) groups is 1. The number of carbonyl (C=O) groups excluding carboxylic acids is 1. The number of halogens is 1. The van der Waals surface area contributed by atoms with Gasteiger partial charge in [0.15, 0.2) is 0 Å². The molecule has 1 aromatic rings. The van der Waals surface area contributed by atoms with Crippen LogP contribution >= 0.6 is 22.6 Å². The minimum absolute atomic E-state index is 0.325. The highest BCUT2D eigenvalue weighted by Crippen LogP contribution is 2.20. The summed E-state index contributed by atoms with van der Waals surface area (Å²) in [5.41, 5.74) is 0.967. The number of benzene rings is 1. The Morgan fingerprint density at radius 3 is 2.81 bits per heavy atom. The van der Waals surface area contributed by atoms with Crippen LogP contribution in [-0.2, 0) is 9.53 Å². The van der Waals surface area contributed by atoms with Gasteiger partial charge in [0.25, 0.3) is 0 Å². The highest BCUT2D eigenvalue weighted by Gasteiger charge is 2.00. The second-order valence-electron chi connectivity index (χ2n) is 2.97. The number of rotatable bonds is 4. The molecule has 0 aliphatic heterocycles. The third kappa shape index (κ3) is 3.84. The molecule has 0 aromatic heterocycles. The third-order valence-corrected chi connectivity index (χ3v) is 2.83.